The molecule has 94 valence electrons. The van der Waals surface area contributed by atoms with Crippen molar-refractivity contribution >= 4 is 0 Å². The molecule has 1 aliphatic carbocycles. The van der Waals surface area contributed by atoms with Crippen LogP contribution in [0.3, 0.4) is 0 Å². The summed E-state index contributed by atoms with van der Waals surface area (Å²) >= 11 is 0. The van der Waals surface area contributed by atoms with Gasteiger partial charge in [0.05, 0.1) is 6.10 Å². The molecule has 1 aliphatic rings. The lowest BCUT2D eigenvalue weighted by Gasteiger charge is -2.27. The Labute approximate surface area is 104 Å². The molecule has 0 spiro atoms. The first-order valence-electron chi connectivity index (χ1n) is 6.79. The third-order valence-electron chi connectivity index (χ3n) is 3.73. The molecule has 2 atom stereocenters. The first kappa shape index (κ1) is 12.6. The third kappa shape index (κ3) is 4.14. The number of rotatable bonds is 5. The van der Waals surface area contributed by atoms with Crippen LogP contribution in [0.25, 0.3) is 0 Å². The van der Waals surface area contributed by atoms with Gasteiger partial charge in [-0.2, -0.15) is 0 Å². The van der Waals surface area contributed by atoms with Crippen molar-refractivity contribution in [2.24, 2.45) is 5.92 Å². The molecule has 2 N–H and O–H groups in total. The van der Waals surface area contributed by atoms with Gasteiger partial charge in [-0.15, -0.1) is 0 Å². The van der Waals surface area contributed by atoms with Crippen LogP contribution in [0.4, 0.5) is 0 Å². The summed E-state index contributed by atoms with van der Waals surface area (Å²) in [5, 5.41) is 13.3. The normalized spacial score (nSPS) is 24.8. The standard InChI is InChI=1S/C15H23NO/c17-15-9-5-4-8-14(15)10-11-16-12-13-6-2-1-3-7-13/h1-3,6-7,14-17H,4-5,8-12H2/t14-,15-/m0/s1. The Morgan fingerprint density at radius 2 is 1.88 bits per heavy atom. The van der Waals surface area contributed by atoms with Crippen molar-refractivity contribution in [2.45, 2.75) is 44.8 Å². The van der Waals surface area contributed by atoms with Crippen molar-refractivity contribution in [3.05, 3.63) is 35.9 Å². The van der Waals surface area contributed by atoms with E-state index in [1.165, 1.54) is 24.8 Å². The van der Waals surface area contributed by atoms with Crippen LogP contribution in [0.15, 0.2) is 30.3 Å². The van der Waals surface area contributed by atoms with Crippen molar-refractivity contribution in [1.29, 1.82) is 0 Å². The van der Waals surface area contributed by atoms with E-state index in [0.29, 0.717) is 5.92 Å². The van der Waals surface area contributed by atoms with Crippen LogP contribution < -0.4 is 5.32 Å². The Hall–Kier alpha value is -0.860. The highest BCUT2D eigenvalue weighted by Crippen LogP contribution is 2.26. The number of hydrogen-bond acceptors (Lipinski definition) is 2. The maximum absolute atomic E-state index is 9.86. The molecule has 0 amide bonds. The molecule has 1 fully saturated rings. The highest BCUT2D eigenvalue weighted by Gasteiger charge is 2.21. The average Bonchev–Trinajstić information content (AvgIpc) is 2.38. The summed E-state index contributed by atoms with van der Waals surface area (Å²) in [6.07, 6.45) is 5.75. The molecule has 0 bridgehead atoms. The minimum absolute atomic E-state index is 0.0534. The molecule has 2 rings (SSSR count). The van der Waals surface area contributed by atoms with Crippen molar-refractivity contribution in [3.8, 4) is 0 Å². The fraction of sp³-hybridized carbons (Fsp3) is 0.600. The zero-order chi connectivity index (χ0) is 11.9. The Kier molecular flexibility index (Phi) is 5.02. The molecular formula is C15H23NO. The summed E-state index contributed by atoms with van der Waals surface area (Å²) in [5.74, 6) is 0.520. The summed E-state index contributed by atoms with van der Waals surface area (Å²) in [6.45, 7) is 1.94. The topological polar surface area (TPSA) is 32.3 Å². The first-order chi connectivity index (χ1) is 8.36. The van der Waals surface area contributed by atoms with Crippen LogP contribution in [-0.4, -0.2) is 17.8 Å². The second-order valence-corrected chi connectivity index (χ2v) is 5.06. The van der Waals surface area contributed by atoms with Crippen LogP contribution >= 0.6 is 0 Å². The number of benzene rings is 1. The Bertz CT molecular complexity index is 312. The third-order valence-corrected chi connectivity index (χ3v) is 3.73. The van der Waals surface area contributed by atoms with E-state index in [4.69, 9.17) is 0 Å². The van der Waals surface area contributed by atoms with E-state index in [2.05, 4.69) is 29.6 Å². The monoisotopic (exact) mass is 233 g/mol. The van der Waals surface area contributed by atoms with Gasteiger partial charge in [0.1, 0.15) is 0 Å². The van der Waals surface area contributed by atoms with Crippen molar-refractivity contribution in [1.82, 2.24) is 5.32 Å². The molecule has 0 aliphatic heterocycles. The fourth-order valence-corrected chi connectivity index (χ4v) is 2.64. The van der Waals surface area contributed by atoms with Crippen LogP contribution in [0.5, 0.6) is 0 Å². The number of aliphatic hydroxyl groups excluding tert-OH is 1. The van der Waals surface area contributed by atoms with Gasteiger partial charge in [0.25, 0.3) is 0 Å². The van der Waals surface area contributed by atoms with Crippen molar-refractivity contribution in [2.75, 3.05) is 6.54 Å². The maximum atomic E-state index is 9.86. The summed E-state index contributed by atoms with van der Waals surface area (Å²) in [7, 11) is 0. The van der Waals surface area contributed by atoms with E-state index in [1.54, 1.807) is 0 Å². The predicted octanol–water partition coefficient (Wildman–Crippen LogP) is 2.72. The molecule has 1 aromatic rings. The minimum Gasteiger partial charge on any atom is -0.393 e. The lowest BCUT2D eigenvalue weighted by atomic mass is 9.84. The molecular weight excluding hydrogens is 210 g/mol. The fourth-order valence-electron chi connectivity index (χ4n) is 2.64. The predicted molar refractivity (Wildman–Crippen MR) is 70.7 cm³/mol. The van der Waals surface area contributed by atoms with E-state index >= 15 is 0 Å². The van der Waals surface area contributed by atoms with Crippen LogP contribution in [-0.2, 0) is 6.54 Å². The quantitative estimate of drug-likeness (QED) is 0.766. The van der Waals surface area contributed by atoms with Gasteiger partial charge in [0, 0.05) is 6.54 Å². The van der Waals surface area contributed by atoms with Gasteiger partial charge in [-0.3, -0.25) is 0 Å². The van der Waals surface area contributed by atoms with E-state index in [-0.39, 0.29) is 6.10 Å². The summed E-state index contributed by atoms with van der Waals surface area (Å²) in [4.78, 5) is 0. The zero-order valence-corrected chi connectivity index (χ0v) is 10.4. The van der Waals surface area contributed by atoms with E-state index in [0.717, 1.165) is 25.9 Å². The average molecular weight is 233 g/mol. The van der Waals surface area contributed by atoms with Crippen molar-refractivity contribution in [3.63, 3.8) is 0 Å². The highest BCUT2D eigenvalue weighted by atomic mass is 16.3. The Morgan fingerprint density at radius 3 is 2.65 bits per heavy atom. The lowest BCUT2D eigenvalue weighted by molar-refractivity contribution is 0.0654. The number of hydrogen-bond donors (Lipinski definition) is 2. The summed E-state index contributed by atoms with van der Waals surface area (Å²) in [6, 6.07) is 10.5. The minimum atomic E-state index is -0.0534. The zero-order valence-electron chi connectivity index (χ0n) is 10.4. The molecule has 0 radical (unpaired) electrons. The highest BCUT2D eigenvalue weighted by molar-refractivity contribution is 5.14. The number of nitrogens with one attached hydrogen (secondary N) is 1. The summed E-state index contributed by atoms with van der Waals surface area (Å²) in [5.41, 5.74) is 1.33. The van der Waals surface area contributed by atoms with Gasteiger partial charge in [0.2, 0.25) is 0 Å². The van der Waals surface area contributed by atoms with Gasteiger partial charge in [-0.25, -0.2) is 0 Å². The Morgan fingerprint density at radius 1 is 1.12 bits per heavy atom. The van der Waals surface area contributed by atoms with Gasteiger partial charge in [0.15, 0.2) is 0 Å². The van der Waals surface area contributed by atoms with Crippen LogP contribution in [0.2, 0.25) is 0 Å². The van der Waals surface area contributed by atoms with E-state index in [9.17, 15) is 5.11 Å². The van der Waals surface area contributed by atoms with Crippen LogP contribution in [0, 0.1) is 5.92 Å². The molecule has 0 unspecified atom stereocenters. The smallest absolute Gasteiger partial charge is 0.0568 e. The van der Waals surface area contributed by atoms with Crippen LogP contribution in [0.1, 0.15) is 37.7 Å². The van der Waals surface area contributed by atoms with Gasteiger partial charge >= 0.3 is 0 Å². The molecule has 2 heteroatoms. The Balaban J connectivity index is 1.63. The molecule has 17 heavy (non-hydrogen) atoms. The van der Waals surface area contributed by atoms with Gasteiger partial charge < -0.3 is 10.4 Å². The lowest BCUT2D eigenvalue weighted by Crippen LogP contribution is -2.28. The molecule has 0 saturated heterocycles. The van der Waals surface area contributed by atoms with Gasteiger partial charge in [-0.05, 0) is 37.3 Å². The largest absolute Gasteiger partial charge is 0.393 e. The SMILES string of the molecule is O[C@H]1CCCC[C@H]1CCNCc1ccccc1. The molecule has 1 aromatic carbocycles. The second-order valence-electron chi connectivity index (χ2n) is 5.06. The second kappa shape index (κ2) is 6.77. The van der Waals surface area contributed by atoms with E-state index in [1.807, 2.05) is 6.07 Å². The molecule has 0 aromatic heterocycles. The maximum Gasteiger partial charge on any atom is 0.0568 e. The first-order valence-corrected chi connectivity index (χ1v) is 6.79. The summed E-state index contributed by atoms with van der Waals surface area (Å²) < 4.78 is 0. The number of aliphatic hydroxyl groups is 1. The molecule has 0 heterocycles. The van der Waals surface area contributed by atoms with Gasteiger partial charge in [-0.1, -0.05) is 43.2 Å². The van der Waals surface area contributed by atoms with E-state index < -0.39 is 0 Å². The van der Waals surface area contributed by atoms with Crippen molar-refractivity contribution < 1.29 is 5.11 Å². The molecule has 1 saturated carbocycles. The molecule has 2 nitrogen and oxygen atoms in total.